The lowest BCUT2D eigenvalue weighted by molar-refractivity contribution is -0.137. The lowest BCUT2D eigenvalue weighted by atomic mass is 9.97. The van der Waals surface area contributed by atoms with Crippen molar-refractivity contribution in [3.63, 3.8) is 0 Å². The molecule has 108 valence electrons. The number of hydrogen-bond donors (Lipinski definition) is 1. The minimum atomic E-state index is -4.26. The Balaban J connectivity index is 2.79. The molecule has 1 nitrogen and oxygen atoms in total. The van der Waals surface area contributed by atoms with Crippen LogP contribution >= 0.6 is 0 Å². The summed E-state index contributed by atoms with van der Waals surface area (Å²) in [7, 11) is 0. The van der Waals surface area contributed by atoms with Crippen LogP contribution in [0.1, 0.15) is 50.8 Å². The lowest BCUT2D eigenvalue weighted by Gasteiger charge is -2.20. The van der Waals surface area contributed by atoms with Gasteiger partial charge in [-0.05, 0) is 43.0 Å². The van der Waals surface area contributed by atoms with Crippen molar-refractivity contribution in [2.75, 3.05) is 6.54 Å². The van der Waals surface area contributed by atoms with E-state index in [2.05, 4.69) is 19.2 Å². The molecule has 1 aromatic rings. The summed E-state index contributed by atoms with van der Waals surface area (Å²) < 4.78 is 37.5. The molecule has 1 atom stereocenters. The molecule has 1 N–H and O–H groups in total. The highest BCUT2D eigenvalue weighted by Crippen LogP contribution is 2.30. The van der Waals surface area contributed by atoms with Crippen LogP contribution in [0.5, 0.6) is 0 Å². The van der Waals surface area contributed by atoms with Gasteiger partial charge in [-0.3, -0.25) is 0 Å². The Morgan fingerprint density at radius 3 is 2.05 bits per heavy atom. The molecule has 0 radical (unpaired) electrons. The lowest BCUT2D eigenvalue weighted by Crippen LogP contribution is -2.21. The minimum absolute atomic E-state index is 0.134. The second kappa shape index (κ2) is 6.94. The van der Waals surface area contributed by atoms with E-state index in [1.54, 1.807) is 12.1 Å². The van der Waals surface area contributed by atoms with Crippen LogP contribution in [0.3, 0.4) is 0 Å². The first-order valence-electron chi connectivity index (χ1n) is 6.75. The average Bonchev–Trinajstić information content (AvgIpc) is 2.33. The summed E-state index contributed by atoms with van der Waals surface area (Å²) in [6.45, 7) is 7.11. The predicted molar refractivity (Wildman–Crippen MR) is 71.9 cm³/mol. The number of halogens is 3. The molecule has 0 amide bonds. The fourth-order valence-corrected chi connectivity index (χ4v) is 2.04. The SMILES string of the molecule is CCNC(CCC(C)C)c1ccc(C(F)(F)F)cc1. The van der Waals surface area contributed by atoms with Gasteiger partial charge < -0.3 is 5.32 Å². The summed E-state index contributed by atoms with van der Waals surface area (Å²) in [6.07, 6.45) is -2.26. The van der Waals surface area contributed by atoms with E-state index in [4.69, 9.17) is 0 Å². The fourth-order valence-electron chi connectivity index (χ4n) is 2.04. The average molecular weight is 273 g/mol. The summed E-state index contributed by atoms with van der Waals surface area (Å²) in [5, 5.41) is 3.33. The zero-order valence-electron chi connectivity index (χ0n) is 11.7. The van der Waals surface area contributed by atoms with Gasteiger partial charge >= 0.3 is 6.18 Å². The van der Waals surface area contributed by atoms with Gasteiger partial charge in [-0.2, -0.15) is 13.2 Å². The molecule has 0 aliphatic carbocycles. The zero-order chi connectivity index (χ0) is 14.5. The summed E-state index contributed by atoms with van der Waals surface area (Å²) >= 11 is 0. The standard InChI is InChI=1S/C15H22F3N/c1-4-19-14(10-5-11(2)3)12-6-8-13(9-7-12)15(16,17)18/h6-9,11,14,19H,4-5,10H2,1-3H3. The maximum absolute atomic E-state index is 12.5. The molecule has 0 heterocycles. The van der Waals surface area contributed by atoms with Crippen LogP contribution in [0.25, 0.3) is 0 Å². The molecule has 0 fully saturated rings. The second-order valence-electron chi connectivity index (χ2n) is 5.20. The maximum atomic E-state index is 12.5. The smallest absolute Gasteiger partial charge is 0.310 e. The molecule has 0 bridgehead atoms. The van der Waals surface area contributed by atoms with E-state index < -0.39 is 11.7 Å². The third kappa shape index (κ3) is 5.23. The molecular formula is C15H22F3N. The van der Waals surface area contributed by atoms with Crippen LogP contribution in [0.2, 0.25) is 0 Å². The van der Waals surface area contributed by atoms with Crippen LogP contribution < -0.4 is 5.32 Å². The summed E-state index contributed by atoms with van der Waals surface area (Å²) in [6, 6.07) is 5.62. The highest BCUT2D eigenvalue weighted by Gasteiger charge is 2.30. The number of hydrogen-bond acceptors (Lipinski definition) is 1. The molecule has 0 aromatic heterocycles. The van der Waals surface area contributed by atoms with E-state index >= 15 is 0 Å². The molecule has 0 saturated heterocycles. The largest absolute Gasteiger partial charge is 0.416 e. The second-order valence-corrected chi connectivity index (χ2v) is 5.20. The Kier molecular flexibility index (Phi) is 5.85. The van der Waals surface area contributed by atoms with E-state index in [-0.39, 0.29) is 6.04 Å². The number of alkyl halides is 3. The first kappa shape index (κ1) is 16.0. The highest BCUT2D eigenvalue weighted by atomic mass is 19.4. The first-order valence-corrected chi connectivity index (χ1v) is 6.75. The Bertz CT molecular complexity index is 368. The molecule has 1 rings (SSSR count). The van der Waals surface area contributed by atoms with Crippen molar-refractivity contribution < 1.29 is 13.2 Å². The van der Waals surface area contributed by atoms with Crippen LogP contribution in [0.15, 0.2) is 24.3 Å². The van der Waals surface area contributed by atoms with Crippen LogP contribution in [-0.4, -0.2) is 6.54 Å². The molecule has 19 heavy (non-hydrogen) atoms. The molecule has 0 spiro atoms. The van der Waals surface area contributed by atoms with Crippen molar-refractivity contribution in [2.45, 2.75) is 45.8 Å². The predicted octanol–water partition coefficient (Wildman–Crippen LogP) is 4.79. The van der Waals surface area contributed by atoms with E-state index in [0.717, 1.165) is 37.1 Å². The third-order valence-electron chi connectivity index (χ3n) is 3.12. The summed E-state index contributed by atoms with van der Waals surface area (Å²) in [5.41, 5.74) is 0.339. The van der Waals surface area contributed by atoms with E-state index in [0.29, 0.717) is 5.92 Å². The Morgan fingerprint density at radius 1 is 1.05 bits per heavy atom. The van der Waals surface area contributed by atoms with Crippen LogP contribution in [-0.2, 0) is 6.18 Å². The fraction of sp³-hybridized carbons (Fsp3) is 0.600. The van der Waals surface area contributed by atoms with Crippen molar-refractivity contribution in [1.29, 1.82) is 0 Å². The van der Waals surface area contributed by atoms with Crippen molar-refractivity contribution in [1.82, 2.24) is 5.32 Å². The minimum Gasteiger partial charge on any atom is -0.310 e. The molecule has 0 saturated carbocycles. The van der Waals surface area contributed by atoms with Crippen molar-refractivity contribution in [2.24, 2.45) is 5.92 Å². The van der Waals surface area contributed by atoms with Gasteiger partial charge in [-0.1, -0.05) is 32.9 Å². The molecule has 0 aliphatic heterocycles. The Morgan fingerprint density at radius 2 is 1.63 bits per heavy atom. The van der Waals surface area contributed by atoms with Gasteiger partial charge in [0, 0.05) is 6.04 Å². The van der Waals surface area contributed by atoms with Crippen molar-refractivity contribution in [3.05, 3.63) is 35.4 Å². The zero-order valence-corrected chi connectivity index (χ0v) is 11.7. The monoisotopic (exact) mass is 273 g/mol. The van der Waals surface area contributed by atoms with Gasteiger partial charge in [0.05, 0.1) is 5.56 Å². The first-order chi connectivity index (χ1) is 8.84. The van der Waals surface area contributed by atoms with Gasteiger partial charge in [-0.25, -0.2) is 0 Å². The topological polar surface area (TPSA) is 12.0 Å². The summed E-state index contributed by atoms with van der Waals surface area (Å²) in [4.78, 5) is 0. The Hall–Kier alpha value is -1.03. The highest BCUT2D eigenvalue weighted by molar-refractivity contribution is 5.26. The molecule has 1 unspecified atom stereocenters. The molecule has 1 aromatic carbocycles. The van der Waals surface area contributed by atoms with E-state index in [1.807, 2.05) is 6.92 Å². The van der Waals surface area contributed by atoms with Gasteiger partial charge in [0.15, 0.2) is 0 Å². The van der Waals surface area contributed by atoms with E-state index in [9.17, 15) is 13.2 Å². The normalized spacial score (nSPS) is 13.8. The van der Waals surface area contributed by atoms with Crippen LogP contribution in [0.4, 0.5) is 13.2 Å². The molecule has 4 heteroatoms. The van der Waals surface area contributed by atoms with Crippen molar-refractivity contribution >= 4 is 0 Å². The number of benzene rings is 1. The maximum Gasteiger partial charge on any atom is 0.416 e. The van der Waals surface area contributed by atoms with E-state index in [1.165, 1.54) is 0 Å². The number of nitrogens with one attached hydrogen (secondary N) is 1. The van der Waals surface area contributed by atoms with Gasteiger partial charge in [0.2, 0.25) is 0 Å². The van der Waals surface area contributed by atoms with Gasteiger partial charge in [-0.15, -0.1) is 0 Å². The number of rotatable bonds is 6. The quantitative estimate of drug-likeness (QED) is 0.785. The molecular weight excluding hydrogens is 251 g/mol. The third-order valence-corrected chi connectivity index (χ3v) is 3.12. The van der Waals surface area contributed by atoms with Gasteiger partial charge in [0.25, 0.3) is 0 Å². The van der Waals surface area contributed by atoms with Crippen LogP contribution in [0, 0.1) is 5.92 Å². The Labute approximate surface area is 113 Å². The van der Waals surface area contributed by atoms with Gasteiger partial charge in [0.1, 0.15) is 0 Å². The summed E-state index contributed by atoms with van der Waals surface area (Å²) in [5.74, 6) is 0.593. The van der Waals surface area contributed by atoms with Crippen molar-refractivity contribution in [3.8, 4) is 0 Å². The molecule has 0 aliphatic rings.